The Hall–Kier alpha value is -0.280. The van der Waals surface area contributed by atoms with Crippen LogP contribution in [-0.4, -0.2) is 14.8 Å². The van der Waals surface area contributed by atoms with Crippen LogP contribution in [0, 0.1) is 0 Å². The van der Waals surface area contributed by atoms with Gasteiger partial charge in [0.05, 0.1) is 22.1 Å². The van der Waals surface area contributed by atoms with Gasteiger partial charge in [0.2, 0.25) is 0 Å². The van der Waals surface area contributed by atoms with Gasteiger partial charge in [0.15, 0.2) is 0 Å². The maximum Gasteiger partial charge on any atom is 0.107 e. The van der Waals surface area contributed by atoms with Crippen LogP contribution in [0.15, 0.2) is 31.9 Å². The summed E-state index contributed by atoms with van der Waals surface area (Å²) in [7, 11) is 0. The first-order valence-electron chi connectivity index (χ1n) is 5.56. The van der Waals surface area contributed by atoms with E-state index in [1.165, 1.54) is 0 Å². The van der Waals surface area contributed by atoms with Crippen molar-refractivity contribution in [3.05, 3.63) is 43.3 Å². The molecule has 8 heteroatoms. The van der Waals surface area contributed by atoms with E-state index in [-0.39, 0.29) is 6.04 Å². The average molecular weight is 454 g/mol. The quantitative estimate of drug-likeness (QED) is 0.551. The van der Waals surface area contributed by atoms with Gasteiger partial charge in [-0.15, -0.1) is 0 Å². The molecular formula is C11H12Br3N5. The summed E-state index contributed by atoms with van der Waals surface area (Å²) < 4.78 is 4.56. The van der Waals surface area contributed by atoms with E-state index in [0.717, 1.165) is 31.4 Å². The van der Waals surface area contributed by atoms with Gasteiger partial charge in [-0.2, -0.15) is 5.10 Å². The van der Waals surface area contributed by atoms with Crippen molar-refractivity contribution < 1.29 is 0 Å². The Morgan fingerprint density at radius 3 is 2.63 bits per heavy atom. The second kappa shape index (κ2) is 6.45. The summed E-state index contributed by atoms with van der Waals surface area (Å²) in [6.45, 7) is 2.79. The largest absolute Gasteiger partial charge is 0.270 e. The molecule has 1 atom stereocenters. The summed E-state index contributed by atoms with van der Waals surface area (Å²) in [4.78, 5) is 4.42. The minimum Gasteiger partial charge on any atom is -0.270 e. The molecule has 2 rings (SSSR count). The van der Waals surface area contributed by atoms with E-state index in [1.807, 2.05) is 17.7 Å². The molecule has 0 aromatic carbocycles. The molecule has 0 saturated carbocycles. The van der Waals surface area contributed by atoms with Crippen LogP contribution in [0.4, 0.5) is 0 Å². The van der Waals surface area contributed by atoms with Gasteiger partial charge in [-0.3, -0.25) is 15.5 Å². The van der Waals surface area contributed by atoms with Crippen molar-refractivity contribution in [2.75, 3.05) is 0 Å². The normalized spacial score (nSPS) is 12.7. The lowest BCUT2D eigenvalue weighted by Gasteiger charge is -2.18. The number of hydrazine groups is 1. The molecule has 0 saturated heterocycles. The molecule has 2 heterocycles. The lowest BCUT2D eigenvalue weighted by Crippen LogP contribution is -2.32. The van der Waals surface area contributed by atoms with Gasteiger partial charge in [-0.1, -0.05) is 0 Å². The molecular weight excluding hydrogens is 442 g/mol. The number of nitrogens with zero attached hydrogens (tertiary/aromatic N) is 3. The average Bonchev–Trinajstić information content (AvgIpc) is 2.74. The van der Waals surface area contributed by atoms with Crippen molar-refractivity contribution in [1.29, 1.82) is 0 Å². The fraction of sp³-hybridized carbons (Fsp3) is 0.273. The van der Waals surface area contributed by atoms with Crippen LogP contribution < -0.4 is 11.3 Å². The molecule has 0 spiro atoms. The molecule has 0 aliphatic heterocycles. The Morgan fingerprint density at radius 2 is 2.05 bits per heavy atom. The maximum absolute atomic E-state index is 5.71. The zero-order valence-electron chi connectivity index (χ0n) is 10.1. The molecule has 1 unspecified atom stereocenters. The first kappa shape index (κ1) is 15.1. The van der Waals surface area contributed by atoms with Crippen LogP contribution in [0.1, 0.15) is 24.4 Å². The molecule has 0 amide bonds. The number of hydrogen-bond acceptors (Lipinski definition) is 4. The molecule has 3 N–H and O–H groups in total. The summed E-state index contributed by atoms with van der Waals surface area (Å²) in [5.74, 6) is 5.71. The molecule has 2 aromatic rings. The third-order valence-corrected chi connectivity index (χ3v) is 4.36. The van der Waals surface area contributed by atoms with Crippen LogP contribution in [0.3, 0.4) is 0 Å². The third kappa shape index (κ3) is 3.08. The van der Waals surface area contributed by atoms with Crippen LogP contribution in [0.25, 0.3) is 0 Å². The number of hydrogen-bond donors (Lipinski definition) is 2. The van der Waals surface area contributed by atoms with Crippen molar-refractivity contribution in [2.45, 2.75) is 19.5 Å². The fourth-order valence-corrected chi connectivity index (χ4v) is 3.58. The second-order valence-electron chi connectivity index (χ2n) is 3.81. The highest BCUT2D eigenvalue weighted by Gasteiger charge is 2.23. The zero-order chi connectivity index (χ0) is 14.0. The first-order valence-corrected chi connectivity index (χ1v) is 7.94. The number of halogens is 3. The van der Waals surface area contributed by atoms with Crippen molar-refractivity contribution in [1.82, 2.24) is 20.2 Å². The Morgan fingerprint density at radius 1 is 1.32 bits per heavy atom. The van der Waals surface area contributed by atoms with Crippen LogP contribution in [0.2, 0.25) is 0 Å². The molecule has 2 aromatic heterocycles. The molecule has 0 radical (unpaired) electrons. The summed E-state index contributed by atoms with van der Waals surface area (Å²) >= 11 is 10.4. The smallest absolute Gasteiger partial charge is 0.107 e. The fourth-order valence-electron chi connectivity index (χ4n) is 1.84. The SMILES string of the molecule is CCn1ncc(Br)c1C(NN)c1ncc(Br)cc1Br. The highest BCUT2D eigenvalue weighted by molar-refractivity contribution is 9.11. The molecule has 0 fully saturated rings. The van der Waals surface area contributed by atoms with Gasteiger partial charge < -0.3 is 0 Å². The number of aryl methyl sites for hydroxylation is 1. The Bertz CT molecular complexity index is 584. The molecule has 0 aliphatic rings. The predicted octanol–water partition coefficient (Wildman–Crippen LogP) is 3.14. The number of nitrogens with two attached hydrogens (primary N) is 1. The number of nitrogens with one attached hydrogen (secondary N) is 1. The predicted molar refractivity (Wildman–Crippen MR) is 84.4 cm³/mol. The van der Waals surface area contributed by atoms with Gasteiger partial charge in [0.25, 0.3) is 0 Å². The lowest BCUT2D eigenvalue weighted by atomic mass is 10.1. The van der Waals surface area contributed by atoms with Gasteiger partial charge in [0.1, 0.15) is 6.04 Å². The Kier molecular flexibility index (Phi) is 5.13. The standard InChI is InChI=1S/C11H12Br3N5/c1-2-19-11(8(14)5-17-19)10(18-15)9-7(13)3-6(12)4-16-9/h3-5,10,18H,2,15H2,1H3. The summed E-state index contributed by atoms with van der Waals surface area (Å²) in [6, 6.07) is 1.69. The van der Waals surface area contributed by atoms with Crippen molar-refractivity contribution in [2.24, 2.45) is 5.84 Å². The maximum atomic E-state index is 5.71. The van der Waals surface area contributed by atoms with Gasteiger partial charge in [-0.25, -0.2) is 5.43 Å². The molecule has 5 nitrogen and oxygen atoms in total. The van der Waals surface area contributed by atoms with E-state index < -0.39 is 0 Å². The van der Waals surface area contributed by atoms with Gasteiger partial charge in [0, 0.05) is 21.7 Å². The second-order valence-corrected chi connectivity index (χ2v) is 6.44. The van der Waals surface area contributed by atoms with E-state index in [0.29, 0.717) is 0 Å². The lowest BCUT2D eigenvalue weighted by molar-refractivity contribution is 0.532. The number of pyridine rings is 1. The summed E-state index contributed by atoms with van der Waals surface area (Å²) in [5.41, 5.74) is 4.55. The van der Waals surface area contributed by atoms with Crippen molar-refractivity contribution in [3.63, 3.8) is 0 Å². The Balaban J connectivity index is 2.52. The number of aromatic nitrogens is 3. The molecule has 19 heavy (non-hydrogen) atoms. The van der Waals surface area contributed by atoms with E-state index in [4.69, 9.17) is 5.84 Å². The molecule has 0 aliphatic carbocycles. The zero-order valence-corrected chi connectivity index (χ0v) is 14.8. The van der Waals surface area contributed by atoms with Crippen molar-refractivity contribution in [3.8, 4) is 0 Å². The van der Waals surface area contributed by atoms with E-state index in [2.05, 4.69) is 63.3 Å². The highest BCUT2D eigenvalue weighted by Crippen LogP contribution is 2.32. The van der Waals surface area contributed by atoms with Crippen LogP contribution >= 0.6 is 47.8 Å². The van der Waals surface area contributed by atoms with E-state index >= 15 is 0 Å². The highest BCUT2D eigenvalue weighted by atomic mass is 79.9. The van der Waals surface area contributed by atoms with Gasteiger partial charge >= 0.3 is 0 Å². The first-order chi connectivity index (χ1) is 9.08. The van der Waals surface area contributed by atoms with Crippen LogP contribution in [-0.2, 0) is 6.54 Å². The molecule has 102 valence electrons. The monoisotopic (exact) mass is 451 g/mol. The van der Waals surface area contributed by atoms with E-state index in [1.54, 1.807) is 12.4 Å². The van der Waals surface area contributed by atoms with Gasteiger partial charge in [-0.05, 0) is 60.8 Å². The minimum atomic E-state index is -0.251. The third-order valence-electron chi connectivity index (χ3n) is 2.68. The summed E-state index contributed by atoms with van der Waals surface area (Å²) in [5, 5.41) is 4.30. The van der Waals surface area contributed by atoms with Crippen molar-refractivity contribution >= 4 is 47.8 Å². The Labute approximate surface area is 136 Å². The summed E-state index contributed by atoms with van der Waals surface area (Å²) in [6.07, 6.45) is 3.50. The number of rotatable bonds is 4. The topological polar surface area (TPSA) is 68.8 Å². The van der Waals surface area contributed by atoms with E-state index in [9.17, 15) is 0 Å². The molecule has 0 bridgehead atoms. The van der Waals surface area contributed by atoms with Crippen LogP contribution in [0.5, 0.6) is 0 Å². The minimum absolute atomic E-state index is 0.251.